The molecule has 0 spiro atoms. The molecule has 5 rings (SSSR count). The molecule has 2 heterocycles. The number of hydrogen-bond donors (Lipinski definition) is 0. The largest absolute Gasteiger partial charge is 0.497 e. The fourth-order valence-corrected chi connectivity index (χ4v) is 4.81. The Morgan fingerprint density at radius 3 is 2.81 bits per heavy atom. The summed E-state index contributed by atoms with van der Waals surface area (Å²) < 4.78 is 13.5. The number of carbonyl (C=O) groups is 1. The fourth-order valence-electron chi connectivity index (χ4n) is 3.74. The minimum atomic E-state index is -0.709. The van der Waals surface area contributed by atoms with Gasteiger partial charge in [-0.05, 0) is 41.1 Å². The van der Waals surface area contributed by atoms with Crippen LogP contribution >= 0.6 is 11.3 Å². The van der Waals surface area contributed by atoms with Crippen molar-refractivity contribution in [3.05, 3.63) is 94.1 Å². The molecule has 0 atom stereocenters. The molecule has 0 aliphatic carbocycles. The van der Waals surface area contributed by atoms with Gasteiger partial charge in [0.05, 0.1) is 17.3 Å². The van der Waals surface area contributed by atoms with E-state index in [0.29, 0.717) is 28.1 Å². The van der Waals surface area contributed by atoms with Gasteiger partial charge in [0.2, 0.25) is 0 Å². The van der Waals surface area contributed by atoms with E-state index in [1.807, 2.05) is 53.1 Å². The van der Waals surface area contributed by atoms with E-state index in [9.17, 15) is 9.59 Å². The average Bonchev–Trinajstić information content (AvgIpc) is 3.14. The van der Waals surface area contributed by atoms with Crippen molar-refractivity contribution in [2.24, 2.45) is 4.99 Å². The van der Waals surface area contributed by atoms with Gasteiger partial charge < -0.3 is 13.7 Å². The molecule has 0 radical (unpaired) electrons. The number of amides is 1. The molecule has 0 aliphatic heterocycles. The summed E-state index contributed by atoms with van der Waals surface area (Å²) in [7, 11) is 1.60. The van der Waals surface area contributed by atoms with Crippen LogP contribution in [-0.4, -0.2) is 17.6 Å². The smallest absolute Gasteiger partial charge is 0.349 e. The quantitative estimate of drug-likeness (QED) is 0.225. The molecule has 5 aromatic rings. The number of thiazole rings is 1. The molecule has 158 valence electrons. The van der Waals surface area contributed by atoms with Crippen LogP contribution in [0.2, 0.25) is 0 Å². The van der Waals surface area contributed by atoms with E-state index in [0.717, 1.165) is 21.0 Å². The Hall–Kier alpha value is -3.97. The lowest BCUT2D eigenvalue weighted by atomic mass is 10.0. The minimum Gasteiger partial charge on any atom is -0.497 e. The van der Waals surface area contributed by atoms with Crippen LogP contribution in [0.1, 0.15) is 10.4 Å². The number of ether oxygens (including phenoxy) is 1. The highest BCUT2D eigenvalue weighted by atomic mass is 32.1. The van der Waals surface area contributed by atoms with Crippen LogP contribution < -0.4 is 15.2 Å². The first-order valence-electron chi connectivity index (χ1n) is 9.92. The van der Waals surface area contributed by atoms with Crippen molar-refractivity contribution >= 4 is 49.2 Å². The monoisotopic (exact) mass is 442 g/mol. The van der Waals surface area contributed by atoms with E-state index in [1.54, 1.807) is 25.3 Å². The highest BCUT2D eigenvalue weighted by Gasteiger charge is 2.16. The molecule has 0 unspecified atom stereocenters. The van der Waals surface area contributed by atoms with Gasteiger partial charge in [0, 0.05) is 11.9 Å². The Balaban J connectivity index is 1.70. The molecule has 2 aromatic heterocycles. The Morgan fingerprint density at radius 1 is 1.16 bits per heavy atom. The molecule has 0 fully saturated rings. The van der Waals surface area contributed by atoms with Crippen molar-refractivity contribution in [3.8, 4) is 5.75 Å². The number of aromatic nitrogens is 1. The van der Waals surface area contributed by atoms with E-state index >= 15 is 0 Å². The summed E-state index contributed by atoms with van der Waals surface area (Å²) in [6.45, 7) is 4.27. The molecule has 32 heavy (non-hydrogen) atoms. The first-order chi connectivity index (χ1) is 15.6. The summed E-state index contributed by atoms with van der Waals surface area (Å²) >= 11 is 1.34. The maximum absolute atomic E-state index is 13.1. The van der Waals surface area contributed by atoms with Gasteiger partial charge in [0.15, 0.2) is 4.80 Å². The van der Waals surface area contributed by atoms with Crippen LogP contribution in [-0.2, 0) is 6.54 Å². The molecule has 6 nitrogen and oxygen atoms in total. The highest BCUT2D eigenvalue weighted by molar-refractivity contribution is 7.16. The predicted molar refractivity (Wildman–Crippen MR) is 126 cm³/mol. The number of fused-ring (bicyclic) bond motifs is 4. The second kappa shape index (κ2) is 7.94. The molecule has 0 aliphatic rings. The van der Waals surface area contributed by atoms with Gasteiger partial charge in [-0.3, -0.25) is 4.79 Å². The molecule has 1 amide bonds. The maximum atomic E-state index is 13.1. The molecular weight excluding hydrogens is 424 g/mol. The van der Waals surface area contributed by atoms with Gasteiger partial charge in [-0.15, -0.1) is 6.58 Å². The summed E-state index contributed by atoms with van der Waals surface area (Å²) in [5.41, 5.74) is 0.522. The summed E-state index contributed by atoms with van der Waals surface area (Å²) in [6.07, 6.45) is 1.73. The maximum Gasteiger partial charge on any atom is 0.349 e. The van der Waals surface area contributed by atoms with Crippen molar-refractivity contribution in [2.45, 2.75) is 6.54 Å². The summed E-state index contributed by atoms with van der Waals surface area (Å²) in [5, 5.41) is 2.59. The lowest BCUT2D eigenvalue weighted by Crippen LogP contribution is -2.19. The molecule has 0 saturated heterocycles. The summed E-state index contributed by atoms with van der Waals surface area (Å²) in [6, 6.07) is 18.6. The van der Waals surface area contributed by atoms with E-state index < -0.39 is 11.5 Å². The standard InChI is InChI=1S/C25H18N2O4S/c1-3-12-27-20-10-9-16(30-2)13-22(20)32-25(27)26-23(28)19-14-18-17-7-5-4-6-15(17)8-11-21(18)31-24(19)29/h3-11,13-14H,1,12H2,2H3. The van der Waals surface area contributed by atoms with Crippen LogP contribution in [0, 0.1) is 0 Å². The molecule has 0 bridgehead atoms. The van der Waals surface area contributed by atoms with Crippen LogP contribution in [0.3, 0.4) is 0 Å². The number of benzene rings is 3. The Labute approximate surface area is 186 Å². The van der Waals surface area contributed by atoms with Crippen molar-refractivity contribution in [1.29, 1.82) is 0 Å². The average molecular weight is 442 g/mol. The third kappa shape index (κ3) is 3.33. The topological polar surface area (TPSA) is 73.8 Å². The Morgan fingerprint density at radius 2 is 2.00 bits per heavy atom. The molecule has 0 saturated carbocycles. The van der Waals surface area contributed by atoms with E-state index in [4.69, 9.17) is 9.15 Å². The van der Waals surface area contributed by atoms with Crippen LogP contribution in [0.4, 0.5) is 0 Å². The van der Waals surface area contributed by atoms with Crippen molar-refractivity contribution in [3.63, 3.8) is 0 Å². The number of rotatable bonds is 4. The number of carbonyl (C=O) groups excluding carboxylic acids is 1. The van der Waals surface area contributed by atoms with Crippen LogP contribution in [0.15, 0.2) is 87.5 Å². The second-order valence-corrected chi connectivity index (χ2v) is 8.19. The summed E-state index contributed by atoms with van der Waals surface area (Å²) in [5.74, 6) is 0.0642. The van der Waals surface area contributed by atoms with Gasteiger partial charge in [-0.25, -0.2) is 4.79 Å². The number of allylic oxidation sites excluding steroid dienone is 1. The number of nitrogens with zero attached hydrogens (tertiary/aromatic N) is 2. The van der Waals surface area contributed by atoms with E-state index in [2.05, 4.69) is 11.6 Å². The predicted octanol–water partition coefficient (Wildman–Crippen LogP) is 4.90. The Kier molecular flexibility index (Phi) is 4.95. The minimum absolute atomic E-state index is 0.103. The van der Waals surface area contributed by atoms with Crippen LogP contribution in [0.5, 0.6) is 5.75 Å². The SMILES string of the molecule is C=CCn1c(=NC(=O)c2cc3c(ccc4ccccc43)oc2=O)sc2cc(OC)ccc21. The zero-order valence-electron chi connectivity index (χ0n) is 17.2. The summed E-state index contributed by atoms with van der Waals surface area (Å²) in [4.78, 5) is 30.4. The van der Waals surface area contributed by atoms with Crippen molar-refractivity contribution in [2.75, 3.05) is 7.11 Å². The zero-order chi connectivity index (χ0) is 22.2. The van der Waals surface area contributed by atoms with Crippen LogP contribution in [0.25, 0.3) is 32.0 Å². The molecule has 3 aromatic carbocycles. The van der Waals surface area contributed by atoms with E-state index in [-0.39, 0.29) is 5.56 Å². The molecular formula is C25H18N2O4S. The lowest BCUT2D eigenvalue weighted by molar-refractivity contribution is 0.0994. The first kappa shape index (κ1) is 20.0. The lowest BCUT2D eigenvalue weighted by Gasteiger charge is -2.04. The third-order valence-electron chi connectivity index (χ3n) is 5.27. The second-order valence-electron chi connectivity index (χ2n) is 7.18. The number of methoxy groups -OCH3 is 1. The number of hydrogen-bond acceptors (Lipinski definition) is 5. The van der Waals surface area contributed by atoms with Crippen molar-refractivity contribution < 1.29 is 13.9 Å². The zero-order valence-corrected chi connectivity index (χ0v) is 18.0. The van der Waals surface area contributed by atoms with Crippen molar-refractivity contribution in [1.82, 2.24) is 4.57 Å². The fraction of sp³-hybridized carbons (Fsp3) is 0.0800. The van der Waals surface area contributed by atoms with Gasteiger partial charge in [-0.1, -0.05) is 47.7 Å². The van der Waals surface area contributed by atoms with Gasteiger partial charge in [0.1, 0.15) is 16.9 Å². The van der Waals surface area contributed by atoms with Gasteiger partial charge >= 0.3 is 5.63 Å². The normalized spacial score (nSPS) is 12.0. The highest BCUT2D eigenvalue weighted by Crippen LogP contribution is 2.26. The van der Waals surface area contributed by atoms with E-state index in [1.165, 1.54) is 11.3 Å². The Bertz CT molecular complexity index is 1660. The van der Waals surface area contributed by atoms with Gasteiger partial charge in [0.25, 0.3) is 5.91 Å². The molecule has 7 heteroatoms. The van der Waals surface area contributed by atoms with Gasteiger partial charge in [-0.2, -0.15) is 4.99 Å². The molecule has 0 N–H and O–H groups in total. The third-order valence-corrected chi connectivity index (χ3v) is 6.31. The first-order valence-corrected chi connectivity index (χ1v) is 10.7.